The van der Waals surface area contributed by atoms with Crippen molar-refractivity contribution in [2.24, 2.45) is 0 Å². The van der Waals surface area contributed by atoms with Crippen LogP contribution < -0.4 is 5.32 Å². The van der Waals surface area contributed by atoms with E-state index in [-0.39, 0.29) is 5.91 Å². The zero-order valence-electron chi connectivity index (χ0n) is 5.46. The maximum Gasteiger partial charge on any atom is 0.221 e. The molecule has 0 bridgehead atoms. The van der Waals surface area contributed by atoms with E-state index in [1.165, 1.54) is 19.4 Å². The number of nitrogens with zero attached hydrogens (tertiary/aromatic N) is 2. The van der Waals surface area contributed by atoms with Crippen molar-refractivity contribution in [2.75, 3.05) is 5.32 Å². The Bertz CT molecular complexity index is 222. The Hall–Kier alpha value is -1.45. The molecule has 0 spiro atoms. The van der Waals surface area contributed by atoms with E-state index in [0.717, 1.165) is 0 Å². The minimum absolute atomic E-state index is 0.147. The summed E-state index contributed by atoms with van der Waals surface area (Å²) in [5.74, 6) is -0.147. The van der Waals surface area contributed by atoms with Crippen LogP contribution in [-0.2, 0) is 4.79 Å². The highest BCUT2D eigenvalue weighted by Crippen LogP contribution is 1.97. The summed E-state index contributed by atoms with van der Waals surface area (Å²) in [7, 11) is 0. The van der Waals surface area contributed by atoms with Crippen LogP contribution in [-0.4, -0.2) is 15.9 Å². The molecule has 1 aromatic rings. The molecule has 1 rings (SSSR count). The maximum atomic E-state index is 10.4. The van der Waals surface area contributed by atoms with Gasteiger partial charge in [-0.3, -0.25) is 4.79 Å². The highest BCUT2D eigenvalue weighted by molar-refractivity contribution is 5.87. The zero-order valence-corrected chi connectivity index (χ0v) is 5.46. The van der Waals surface area contributed by atoms with Gasteiger partial charge in [0.25, 0.3) is 0 Å². The van der Waals surface area contributed by atoms with Crippen LogP contribution in [0.3, 0.4) is 0 Å². The summed E-state index contributed by atoms with van der Waals surface area (Å²) in [5, 5.41) is 2.49. The summed E-state index contributed by atoms with van der Waals surface area (Å²) in [6.07, 6.45) is 5.39. The predicted molar refractivity (Wildman–Crippen MR) is 35.2 cm³/mol. The number of aromatic nitrogens is 2. The number of hydrogen-bond acceptors (Lipinski definition) is 3. The quantitative estimate of drug-likeness (QED) is 0.601. The summed E-state index contributed by atoms with van der Waals surface area (Å²) in [6, 6.07) is 0. The Balaban J connectivity index is 2.67. The van der Waals surface area contributed by atoms with Crippen molar-refractivity contribution in [2.45, 2.75) is 6.92 Å². The molecule has 0 aromatic carbocycles. The minimum atomic E-state index is -0.147. The van der Waals surface area contributed by atoms with Gasteiger partial charge in [0.2, 0.25) is 5.91 Å². The van der Waals surface area contributed by atoms with Crippen LogP contribution in [0.15, 0.2) is 12.5 Å². The van der Waals surface area contributed by atoms with Crippen molar-refractivity contribution in [3.05, 3.63) is 18.7 Å². The first-order valence-electron chi connectivity index (χ1n) is 2.74. The number of anilines is 1. The molecule has 4 heteroatoms. The highest BCUT2D eigenvalue weighted by atomic mass is 16.1. The van der Waals surface area contributed by atoms with Crippen molar-refractivity contribution < 1.29 is 4.79 Å². The third-order valence-electron chi connectivity index (χ3n) is 0.824. The van der Waals surface area contributed by atoms with Gasteiger partial charge >= 0.3 is 0 Å². The minimum Gasteiger partial charge on any atom is -0.323 e. The number of carbonyl (C=O) groups is 1. The van der Waals surface area contributed by atoms with Crippen LogP contribution in [0.1, 0.15) is 6.92 Å². The molecule has 0 aliphatic carbocycles. The molecular formula is C6H6N3O. The summed E-state index contributed by atoms with van der Waals surface area (Å²) in [5.41, 5.74) is 0.495. The van der Waals surface area contributed by atoms with Crippen LogP contribution >= 0.6 is 0 Å². The Morgan fingerprint density at radius 2 is 2.60 bits per heavy atom. The van der Waals surface area contributed by atoms with E-state index in [9.17, 15) is 4.79 Å². The maximum absolute atomic E-state index is 10.4. The van der Waals surface area contributed by atoms with E-state index in [1.807, 2.05) is 0 Å². The summed E-state index contributed by atoms with van der Waals surface area (Å²) >= 11 is 0. The molecule has 51 valence electrons. The van der Waals surface area contributed by atoms with Gasteiger partial charge in [0, 0.05) is 6.92 Å². The molecule has 0 aliphatic heterocycles. The number of hydrogen-bond donors (Lipinski definition) is 1. The van der Waals surface area contributed by atoms with Crippen LogP contribution in [0.25, 0.3) is 0 Å². The fraction of sp³-hybridized carbons (Fsp3) is 0.167. The smallest absolute Gasteiger partial charge is 0.221 e. The van der Waals surface area contributed by atoms with Gasteiger partial charge in [-0.25, -0.2) is 9.97 Å². The van der Waals surface area contributed by atoms with Crippen molar-refractivity contribution in [3.63, 3.8) is 0 Å². The standard InChI is InChI=1S/C6H6N3O/c1-5(10)9-6-2-7-4-8-3-6/h2,4H,1H3,(H,9,10). The van der Waals surface area contributed by atoms with Crippen molar-refractivity contribution in [3.8, 4) is 0 Å². The number of rotatable bonds is 1. The van der Waals surface area contributed by atoms with Crippen molar-refractivity contribution in [1.29, 1.82) is 0 Å². The van der Waals surface area contributed by atoms with Crippen LogP contribution in [0.4, 0.5) is 5.69 Å². The van der Waals surface area contributed by atoms with E-state index in [4.69, 9.17) is 0 Å². The Kier molecular flexibility index (Phi) is 1.94. The predicted octanol–water partition coefficient (Wildman–Crippen LogP) is 0.235. The molecule has 0 saturated heterocycles. The third kappa shape index (κ3) is 1.81. The van der Waals surface area contributed by atoms with Crippen molar-refractivity contribution in [1.82, 2.24) is 9.97 Å². The van der Waals surface area contributed by atoms with Gasteiger partial charge in [-0.2, -0.15) is 0 Å². The fourth-order valence-electron chi connectivity index (χ4n) is 0.518. The average Bonchev–Trinajstić information content (AvgIpc) is 1.88. The summed E-state index contributed by atoms with van der Waals surface area (Å²) < 4.78 is 0. The Labute approximate surface area is 58.3 Å². The largest absolute Gasteiger partial charge is 0.323 e. The lowest BCUT2D eigenvalue weighted by Crippen LogP contribution is -2.06. The lowest BCUT2D eigenvalue weighted by atomic mass is 10.5. The van der Waals surface area contributed by atoms with E-state index in [1.54, 1.807) is 0 Å². The van der Waals surface area contributed by atoms with Gasteiger partial charge in [0.1, 0.15) is 12.5 Å². The second-order valence-corrected chi connectivity index (χ2v) is 1.73. The van der Waals surface area contributed by atoms with Gasteiger partial charge in [0.15, 0.2) is 0 Å². The second kappa shape index (κ2) is 2.91. The molecule has 0 atom stereocenters. The van der Waals surface area contributed by atoms with Gasteiger partial charge in [-0.1, -0.05) is 0 Å². The molecule has 1 amide bonds. The van der Waals surface area contributed by atoms with E-state index in [0.29, 0.717) is 5.69 Å². The van der Waals surface area contributed by atoms with Crippen molar-refractivity contribution >= 4 is 11.6 Å². The van der Waals surface area contributed by atoms with Gasteiger partial charge in [0.05, 0.1) is 11.9 Å². The lowest BCUT2D eigenvalue weighted by Gasteiger charge is -1.95. The molecule has 1 heterocycles. The van der Waals surface area contributed by atoms with Crippen LogP contribution in [0.2, 0.25) is 0 Å². The molecule has 1 radical (unpaired) electrons. The molecule has 10 heavy (non-hydrogen) atoms. The topological polar surface area (TPSA) is 54.9 Å². The molecule has 1 aromatic heterocycles. The molecule has 0 fully saturated rings. The highest BCUT2D eigenvalue weighted by Gasteiger charge is 1.92. The van der Waals surface area contributed by atoms with Gasteiger partial charge < -0.3 is 5.32 Å². The molecular weight excluding hydrogens is 130 g/mol. The average molecular weight is 136 g/mol. The first-order valence-corrected chi connectivity index (χ1v) is 2.74. The number of carbonyl (C=O) groups excluding carboxylic acids is 1. The summed E-state index contributed by atoms with van der Waals surface area (Å²) in [4.78, 5) is 17.7. The molecule has 0 aliphatic rings. The second-order valence-electron chi connectivity index (χ2n) is 1.73. The fourth-order valence-corrected chi connectivity index (χ4v) is 0.518. The third-order valence-corrected chi connectivity index (χ3v) is 0.824. The molecule has 1 N–H and O–H groups in total. The van der Waals surface area contributed by atoms with Crippen LogP contribution in [0, 0.1) is 6.20 Å². The monoisotopic (exact) mass is 136 g/mol. The van der Waals surface area contributed by atoms with E-state index >= 15 is 0 Å². The molecule has 4 nitrogen and oxygen atoms in total. The SMILES string of the molecule is CC(=O)Nc1[c]ncnc1. The first kappa shape index (κ1) is 6.67. The first-order chi connectivity index (χ1) is 4.79. The van der Waals surface area contributed by atoms with E-state index < -0.39 is 0 Å². The number of amides is 1. The molecule has 0 unspecified atom stereocenters. The van der Waals surface area contributed by atoms with Gasteiger partial charge in [-0.05, 0) is 0 Å². The Morgan fingerprint density at radius 3 is 3.10 bits per heavy atom. The normalized spacial score (nSPS) is 8.90. The summed E-state index contributed by atoms with van der Waals surface area (Å²) in [6.45, 7) is 1.42. The number of nitrogens with one attached hydrogen (secondary N) is 1. The lowest BCUT2D eigenvalue weighted by molar-refractivity contribution is -0.114. The Morgan fingerprint density at radius 1 is 1.80 bits per heavy atom. The van der Waals surface area contributed by atoms with E-state index in [2.05, 4.69) is 21.5 Å². The zero-order chi connectivity index (χ0) is 7.40. The van der Waals surface area contributed by atoms with Crippen LogP contribution in [0.5, 0.6) is 0 Å². The molecule has 0 saturated carbocycles. The van der Waals surface area contributed by atoms with Gasteiger partial charge in [-0.15, -0.1) is 0 Å².